The molecule has 0 saturated heterocycles. The van der Waals surface area contributed by atoms with Gasteiger partial charge in [-0.05, 0) is 16.7 Å². The first-order valence-corrected chi connectivity index (χ1v) is 10.2. The lowest BCUT2D eigenvalue weighted by Crippen LogP contribution is -2.62. The maximum absolute atomic E-state index is 12.8. The molecule has 0 bridgehead atoms. The Balaban J connectivity index is 1.68. The first-order valence-electron chi connectivity index (χ1n) is 10.2. The van der Waals surface area contributed by atoms with E-state index in [1.54, 1.807) is 72.8 Å². The Morgan fingerprint density at radius 2 is 0.939 bits per heavy atom. The zero-order valence-electron chi connectivity index (χ0n) is 17.8. The van der Waals surface area contributed by atoms with E-state index in [4.69, 9.17) is 22.1 Å². The summed E-state index contributed by atoms with van der Waals surface area (Å²) in [4.78, 5) is 37.9. The van der Waals surface area contributed by atoms with Crippen molar-refractivity contribution >= 4 is 25.9 Å². The third-order valence-electron chi connectivity index (χ3n) is 4.58. The predicted octanol–water partition coefficient (Wildman–Crippen LogP) is 3.26. The van der Waals surface area contributed by atoms with E-state index in [1.807, 2.05) is 18.2 Å². The normalized spacial score (nSPS) is 10.7. The summed E-state index contributed by atoms with van der Waals surface area (Å²) in [6, 6.07) is 26.5. The molecule has 1 amide bonds. The monoisotopic (exact) mass is 443 g/mol. The number of ether oxygens (including phenoxy) is 3. The highest BCUT2D eigenvalue weighted by Crippen LogP contribution is 2.12. The molecule has 3 aromatic carbocycles. The second kappa shape index (κ2) is 11.5. The van der Waals surface area contributed by atoms with Gasteiger partial charge in [0.1, 0.15) is 27.7 Å². The number of alkyl carbamates (subject to hydrolysis) is 1. The molecular weight excluding hydrogens is 421 g/mol. The van der Waals surface area contributed by atoms with Gasteiger partial charge in [-0.2, -0.15) is 0 Å². The van der Waals surface area contributed by atoms with Crippen LogP contribution in [0.15, 0.2) is 91.0 Å². The molecule has 0 heterocycles. The Kier molecular flexibility index (Phi) is 8.24. The van der Waals surface area contributed by atoms with Crippen LogP contribution < -0.4 is 5.32 Å². The van der Waals surface area contributed by atoms with E-state index >= 15 is 0 Å². The minimum Gasteiger partial charge on any atom is -0.459 e. The Hall–Kier alpha value is -4.07. The van der Waals surface area contributed by atoms with Crippen LogP contribution in [0.2, 0.25) is 0 Å². The summed E-state index contributed by atoms with van der Waals surface area (Å²) >= 11 is 0. The van der Waals surface area contributed by atoms with Crippen LogP contribution in [0.25, 0.3) is 0 Å². The van der Waals surface area contributed by atoms with Crippen LogP contribution in [0.1, 0.15) is 16.7 Å². The molecule has 3 rings (SSSR count). The molecule has 2 radical (unpaired) electrons. The van der Waals surface area contributed by atoms with Gasteiger partial charge in [-0.25, -0.2) is 14.4 Å². The SMILES string of the molecule is [B]C(NC(=O)OCc1ccccc1)(C(=O)OCc1ccccc1)C(=O)OCc1ccccc1. The maximum Gasteiger partial charge on any atom is 0.408 e. The van der Waals surface area contributed by atoms with Gasteiger partial charge in [-0.1, -0.05) is 91.0 Å². The minimum atomic E-state index is -2.60. The summed E-state index contributed by atoms with van der Waals surface area (Å²) in [5.41, 5.74) is -0.527. The van der Waals surface area contributed by atoms with Crippen molar-refractivity contribution in [2.24, 2.45) is 0 Å². The number of carbonyl (C=O) groups is 3. The van der Waals surface area contributed by atoms with Crippen molar-refractivity contribution in [3.8, 4) is 0 Å². The highest BCUT2D eigenvalue weighted by Gasteiger charge is 2.45. The van der Waals surface area contributed by atoms with E-state index in [0.717, 1.165) is 0 Å². The summed E-state index contributed by atoms with van der Waals surface area (Å²) in [7, 11) is 6.02. The number of hydrogen-bond donors (Lipinski definition) is 1. The van der Waals surface area contributed by atoms with Crippen LogP contribution in [0.4, 0.5) is 4.79 Å². The largest absolute Gasteiger partial charge is 0.459 e. The molecule has 0 spiro atoms. The van der Waals surface area contributed by atoms with Crippen molar-refractivity contribution in [3.63, 3.8) is 0 Å². The van der Waals surface area contributed by atoms with Crippen molar-refractivity contribution < 1.29 is 28.6 Å². The van der Waals surface area contributed by atoms with Crippen molar-refractivity contribution in [3.05, 3.63) is 108 Å². The number of hydrogen-bond acceptors (Lipinski definition) is 6. The maximum atomic E-state index is 12.8. The molecule has 0 saturated carbocycles. The Labute approximate surface area is 193 Å². The number of esters is 2. The van der Waals surface area contributed by atoms with Gasteiger partial charge in [0, 0.05) is 0 Å². The smallest absolute Gasteiger partial charge is 0.408 e. The number of rotatable bonds is 9. The van der Waals surface area contributed by atoms with E-state index in [2.05, 4.69) is 5.32 Å². The second-order valence-corrected chi connectivity index (χ2v) is 7.12. The molecule has 0 atom stereocenters. The summed E-state index contributed by atoms with van der Waals surface area (Å²) < 4.78 is 15.5. The first-order chi connectivity index (χ1) is 16.0. The number of carbonyl (C=O) groups excluding carboxylic acids is 3. The summed E-state index contributed by atoms with van der Waals surface area (Å²) in [5.74, 6) is -2.36. The highest BCUT2D eigenvalue weighted by molar-refractivity contribution is 6.40. The van der Waals surface area contributed by atoms with E-state index in [9.17, 15) is 14.4 Å². The van der Waals surface area contributed by atoms with Gasteiger partial charge < -0.3 is 19.5 Å². The van der Waals surface area contributed by atoms with Crippen molar-refractivity contribution in [1.82, 2.24) is 5.32 Å². The molecule has 3 aromatic rings. The molecule has 33 heavy (non-hydrogen) atoms. The van der Waals surface area contributed by atoms with Gasteiger partial charge in [0.05, 0.1) is 0 Å². The molecule has 0 aromatic heterocycles. The number of amides is 1. The number of benzene rings is 3. The Morgan fingerprint density at radius 1 is 0.606 bits per heavy atom. The quantitative estimate of drug-likeness (QED) is 0.236. The lowest BCUT2D eigenvalue weighted by atomic mass is 9.77. The van der Waals surface area contributed by atoms with Crippen LogP contribution >= 0.6 is 0 Å². The zero-order chi connectivity index (χ0) is 23.5. The molecule has 0 fully saturated rings. The van der Waals surface area contributed by atoms with Crippen LogP contribution in [-0.2, 0) is 43.6 Å². The fourth-order valence-electron chi connectivity index (χ4n) is 2.78. The van der Waals surface area contributed by atoms with Crippen molar-refractivity contribution in [2.45, 2.75) is 25.3 Å². The van der Waals surface area contributed by atoms with E-state index in [0.29, 0.717) is 16.7 Å². The lowest BCUT2D eigenvalue weighted by Gasteiger charge is -2.27. The summed E-state index contributed by atoms with van der Waals surface area (Å²) in [6.45, 7) is -0.377. The third-order valence-corrected chi connectivity index (χ3v) is 4.58. The van der Waals surface area contributed by atoms with Crippen LogP contribution in [-0.4, -0.2) is 31.3 Å². The molecule has 0 aliphatic carbocycles. The molecule has 0 aliphatic heterocycles. The Bertz CT molecular complexity index is 1000. The molecular formula is C25H22BNO6. The molecule has 8 heteroatoms. The average Bonchev–Trinajstić information content (AvgIpc) is 2.86. The lowest BCUT2D eigenvalue weighted by molar-refractivity contribution is -0.162. The van der Waals surface area contributed by atoms with Crippen LogP contribution in [0.5, 0.6) is 0 Å². The number of nitrogens with one attached hydrogen (secondary N) is 1. The minimum absolute atomic E-state index is 0.0825. The summed E-state index contributed by atoms with van der Waals surface area (Å²) in [5, 5.41) is 2.10. The van der Waals surface area contributed by atoms with E-state index < -0.39 is 23.5 Å². The predicted molar refractivity (Wildman–Crippen MR) is 121 cm³/mol. The first kappa shape index (κ1) is 23.6. The molecule has 0 unspecified atom stereocenters. The molecule has 1 N–H and O–H groups in total. The van der Waals surface area contributed by atoms with Gasteiger partial charge in [0.25, 0.3) is 0 Å². The average molecular weight is 443 g/mol. The third kappa shape index (κ3) is 6.97. The zero-order valence-corrected chi connectivity index (χ0v) is 17.8. The summed E-state index contributed by atoms with van der Waals surface area (Å²) in [6.07, 6.45) is -1.07. The van der Waals surface area contributed by atoms with Gasteiger partial charge in [0.15, 0.2) is 5.44 Å². The van der Waals surface area contributed by atoms with E-state index in [-0.39, 0.29) is 19.8 Å². The van der Waals surface area contributed by atoms with Crippen LogP contribution in [0.3, 0.4) is 0 Å². The molecule has 0 aliphatic rings. The van der Waals surface area contributed by atoms with Gasteiger partial charge in [0.2, 0.25) is 0 Å². The van der Waals surface area contributed by atoms with Crippen LogP contribution in [0, 0.1) is 0 Å². The van der Waals surface area contributed by atoms with Gasteiger partial charge in [-0.15, -0.1) is 0 Å². The van der Waals surface area contributed by atoms with Gasteiger partial charge in [-0.3, -0.25) is 0 Å². The standard InChI is InChI=1S/C25H22BNO6/c26-25(22(28)31-16-19-10-4-1-5-11-19,23(29)32-17-20-12-6-2-7-13-20)27-24(30)33-18-21-14-8-3-9-15-21/h1-15H,16-18H2,(H,27,30). The van der Waals surface area contributed by atoms with Crippen molar-refractivity contribution in [1.29, 1.82) is 0 Å². The fourth-order valence-corrected chi connectivity index (χ4v) is 2.78. The van der Waals surface area contributed by atoms with E-state index in [1.165, 1.54) is 0 Å². The second-order valence-electron chi connectivity index (χ2n) is 7.12. The topological polar surface area (TPSA) is 90.9 Å². The fraction of sp³-hybridized carbons (Fsp3) is 0.160. The molecule has 7 nitrogen and oxygen atoms in total. The van der Waals surface area contributed by atoms with Gasteiger partial charge >= 0.3 is 18.0 Å². The van der Waals surface area contributed by atoms with Crippen molar-refractivity contribution in [2.75, 3.05) is 0 Å². The highest BCUT2D eigenvalue weighted by atomic mass is 16.6. The molecule has 166 valence electrons. The Morgan fingerprint density at radius 3 is 1.30 bits per heavy atom.